The van der Waals surface area contributed by atoms with Crippen LogP contribution in [0.25, 0.3) is 5.76 Å². The number of hydrogen-bond acceptors (Lipinski definition) is 7. The van der Waals surface area contributed by atoms with E-state index in [0.717, 1.165) is 24.9 Å². The van der Waals surface area contributed by atoms with Crippen molar-refractivity contribution in [2.75, 3.05) is 23.3 Å². The van der Waals surface area contributed by atoms with Crippen LogP contribution < -0.4 is 14.8 Å². The average molecular weight is 431 g/mol. The highest BCUT2D eigenvalue weighted by atomic mass is 32.2. The Balaban J connectivity index is 1.77. The first-order valence-electron chi connectivity index (χ1n) is 10.1. The molecule has 0 radical (unpaired) electrons. The van der Waals surface area contributed by atoms with Gasteiger partial charge in [0.25, 0.3) is 10.0 Å². The highest BCUT2D eigenvalue weighted by Gasteiger charge is 2.22. The Kier molecular flexibility index (Phi) is 5.80. The lowest BCUT2D eigenvalue weighted by molar-refractivity contribution is 0.255. The van der Waals surface area contributed by atoms with Crippen molar-refractivity contribution in [1.29, 1.82) is 0 Å². The van der Waals surface area contributed by atoms with Crippen molar-refractivity contribution in [3.63, 3.8) is 0 Å². The number of benzene rings is 1. The van der Waals surface area contributed by atoms with Gasteiger partial charge in [-0.25, -0.2) is 18.1 Å². The quantitative estimate of drug-likeness (QED) is 0.766. The van der Waals surface area contributed by atoms with Crippen LogP contribution in [0.4, 0.5) is 11.6 Å². The zero-order valence-electron chi connectivity index (χ0n) is 17.1. The molecule has 2 aromatic rings. The average Bonchev–Trinajstić information content (AvgIpc) is 2.71. The molecule has 9 heteroatoms. The fraction of sp³-hybridized carbons (Fsp3) is 0.429. The molecule has 8 nitrogen and oxygen atoms in total. The molecule has 0 aliphatic carbocycles. The molecule has 0 unspecified atom stereocenters. The van der Waals surface area contributed by atoms with Gasteiger partial charge in [-0.05, 0) is 49.5 Å². The molecule has 0 amide bonds. The van der Waals surface area contributed by atoms with Crippen molar-refractivity contribution in [2.45, 2.75) is 44.0 Å². The number of rotatable bonds is 3. The maximum absolute atomic E-state index is 12.9. The summed E-state index contributed by atoms with van der Waals surface area (Å²) in [5, 5.41) is 3.40. The van der Waals surface area contributed by atoms with Crippen molar-refractivity contribution < 1.29 is 17.9 Å². The fourth-order valence-corrected chi connectivity index (χ4v) is 4.49. The lowest BCUT2D eigenvalue weighted by atomic mass is 10.0. The number of fused-ring (bicyclic) bond motifs is 4. The van der Waals surface area contributed by atoms with Gasteiger partial charge in [0.2, 0.25) is 11.8 Å². The van der Waals surface area contributed by atoms with Crippen LogP contribution in [0.5, 0.6) is 5.88 Å². The molecule has 30 heavy (non-hydrogen) atoms. The molecular weight excluding hydrogens is 404 g/mol. The van der Waals surface area contributed by atoms with Crippen LogP contribution in [0.15, 0.2) is 41.3 Å². The Morgan fingerprint density at radius 1 is 1.20 bits per heavy atom. The molecule has 0 spiro atoms. The van der Waals surface area contributed by atoms with Crippen molar-refractivity contribution in [3.8, 4) is 5.88 Å². The van der Waals surface area contributed by atoms with E-state index in [1.807, 2.05) is 12.1 Å². The smallest absolute Gasteiger partial charge is 0.264 e. The minimum atomic E-state index is -3.87. The predicted molar refractivity (Wildman–Crippen MR) is 115 cm³/mol. The van der Waals surface area contributed by atoms with Crippen LogP contribution in [-0.2, 0) is 14.8 Å². The minimum absolute atomic E-state index is 0.0117. The van der Waals surface area contributed by atoms with Gasteiger partial charge >= 0.3 is 0 Å². The Hall–Kier alpha value is -2.81. The summed E-state index contributed by atoms with van der Waals surface area (Å²) in [5.41, 5.74) is 1.22. The molecule has 0 fully saturated rings. The Bertz CT molecular complexity index is 1050. The van der Waals surface area contributed by atoms with Gasteiger partial charge in [-0.3, -0.25) is 0 Å². The van der Waals surface area contributed by atoms with E-state index >= 15 is 0 Å². The zero-order valence-corrected chi connectivity index (χ0v) is 17.9. The number of hydrogen-bond donors (Lipinski definition) is 2. The lowest BCUT2D eigenvalue weighted by Crippen LogP contribution is -2.29. The predicted octanol–water partition coefficient (Wildman–Crippen LogP) is 3.65. The number of ether oxygens (including phenoxy) is 2. The zero-order chi connectivity index (χ0) is 21.1. The first kappa shape index (κ1) is 20.5. The van der Waals surface area contributed by atoms with Crippen LogP contribution in [0, 0.1) is 5.92 Å². The van der Waals surface area contributed by atoms with E-state index in [1.54, 1.807) is 24.3 Å². The van der Waals surface area contributed by atoms with Gasteiger partial charge < -0.3 is 14.8 Å². The second kappa shape index (κ2) is 8.51. The van der Waals surface area contributed by atoms with Crippen LogP contribution >= 0.6 is 0 Å². The van der Waals surface area contributed by atoms with E-state index < -0.39 is 10.0 Å². The first-order valence-corrected chi connectivity index (χ1v) is 11.6. The van der Waals surface area contributed by atoms with E-state index in [1.165, 1.54) is 0 Å². The van der Waals surface area contributed by atoms with Gasteiger partial charge in [-0.15, -0.1) is 0 Å². The monoisotopic (exact) mass is 430 g/mol. The summed E-state index contributed by atoms with van der Waals surface area (Å²) in [7, 11) is -3.87. The highest BCUT2D eigenvalue weighted by molar-refractivity contribution is 7.92. The van der Waals surface area contributed by atoms with E-state index in [4.69, 9.17) is 9.47 Å². The molecule has 0 saturated heterocycles. The standard InChI is InChI=1S/C21H26N4O4S/c1-14(2)10-16-13-29-20-12-18(19-8-3-4-9-28-19)23-21(24-20)25-30(26,27)17-7-5-6-15(11-17)22-16/h5-8,11-12,14,16,22H,3-4,9-10,13H2,1-2H3,(H,23,24,25)/t16-/m1/s1. The molecule has 160 valence electrons. The normalized spacial score (nSPS) is 20.4. The molecular formula is C21H26N4O4S. The van der Waals surface area contributed by atoms with Gasteiger partial charge in [-0.1, -0.05) is 19.9 Å². The Morgan fingerprint density at radius 3 is 2.83 bits per heavy atom. The molecule has 4 bridgehead atoms. The largest absolute Gasteiger partial charge is 0.492 e. The third-order valence-electron chi connectivity index (χ3n) is 4.82. The maximum Gasteiger partial charge on any atom is 0.264 e. The van der Waals surface area contributed by atoms with E-state index in [0.29, 0.717) is 36.5 Å². The molecule has 1 aromatic heterocycles. The van der Waals surface area contributed by atoms with Gasteiger partial charge in [0.05, 0.1) is 17.5 Å². The molecule has 1 aromatic carbocycles. The summed E-state index contributed by atoms with van der Waals surface area (Å²) in [6.45, 7) is 5.25. The van der Waals surface area contributed by atoms with Crippen LogP contribution in [0.3, 0.4) is 0 Å². The van der Waals surface area contributed by atoms with E-state index in [9.17, 15) is 8.42 Å². The SMILES string of the molecule is CC(C)C[C@@H]1COc2cc(C3=CCCCO3)nc(n2)NS(=O)(=O)c2cccc(c2)N1. The third kappa shape index (κ3) is 4.84. The second-order valence-electron chi connectivity index (χ2n) is 7.89. The first-order chi connectivity index (χ1) is 14.4. The summed E-state index contributed by atoms with van der Waals surface area (Å²) >= 11 is 0. The van der Waals surface area contributed by atoms with Crippen LogP contribution in [0.1, 0.15) is 38.8 Å². The summed E-state index contributed by atoms with van der Waals surface area (Å²) in [4.78, 5) is 8.78. The van der Waals surface area contributed by atoms with Crippen LogP contribution in [0.2, 0.25) is 0 Å². The fourth-order valence-electron chi connectivity index (χ4n) is 3.50. The number of sulfonamides is 1. The number of nitrogens with one attached hydrogen (secondary N) is 2. The van der Waals surface area contributed by atoms with Gasteiger partial charge in [0.1, 0.15) is 18.1 Å². The molecule has 2 aliphatic rings. The lowest BCUT2D eigenvalue weighted by Gasteiger charge is -2.23. The van der Waals surface area contributed by atoms with Crippen molar-refractivity contribution in [1.82, 2.24) is 9.97 Å². The summed E-state index contributed by atoms with van der Waals surface area (Å²) in [5.74, 6) is 1.30. The summed E-state index contributed by atoms with van der Waals surface area (Å²) in [6, 6.07) is 8.38. The third-order valence-corrected chi connectivity index (χ3v) is 6.15. The molecule has 2 N–H and O–H groups in total. The number of allylic oxidation sites excluding steroid dienone is 1. The van der Waals surface area contributed by atoms with Crippen molar-refractivity contribution in [3.05, 3.63) is 42.1 Å². The molecule has 4 rings (SSSR count). The maximum atomic E-state index is 12.9. The van der Waals surface area contributed by atoms with Gasteiger partial charge in [0.15, 0.2) is 0 Å². The summed E-state index contributed by atoms with van der Waals surface area (Å²) in [6.07, 6.45) is 4.62. The minimum Gasteiger partial charge on any atom is -0.492 e. The Morgan fingerprint density at radius 2 is 2.07 bits per heavy atom. The molecule has 0 saturated carbocycles. The number of nitrogens with zero attached hydrogens (tertiary/aromatic N) is 2. The van der Waals surface area contributed by atoms with Crippen molar-refractivity contribution >= 4 is 27.4 Å². The highest BCUT2D eigenvalue weighted by Crippen LogP contribution is 2.26. The summed E-state index contributed by atoms with van der Waals surface area (Å²) < 4.78 is 40.0. The molecule has 3 heterocycles. The number of aromatic nitrogens is 2. The van der Waals surface area contributed by atoms with E-state index in [2.05, 4.69) is 33.9 Å². The Labute approximate surface area is 176 Å². The van der Waals surface area contributed by atoms with Crippen LogP contribution in [-0.4, -0.2) is 37.6 Å². The van der Waals surface area contributed by atoms with Gasteiger partial charge in [0, 0.05) is 11.8 Å². The molecule has 1 atom stereocenters. The molecule has 2 aliphatic heterocycles. The van der Waals surface area contributed by atoms with Gasteiger partial charge in [-0.2, -0.15) is 4.98 Å². The van der Waals surface area contributed by atoms with E-state index in [-0.39, 0.29) is 16.9 Å². The van der Waals surface area contributed by atoms with Crippen molar-refractivity contribution in [2.24, 2.45) is 5.92 Å². The second-order valence-corrected chi connectivity index (χ2v) is 9.57. The topological polar surface area (TPSA) is 102 Å². The number of anilines is 2.